The molecule has 2 heterocycles. The molecule has 0 spiro atoms. The van der Waals surface area contributed by atoms with E-state index in [1.807, 2.05) is 0 Å². The van der Waals surface area contributed by atoms with Crippen LogP contribution in [0.15, 0.2) is 6.20 Å². The van der Waals surface area contributed by atoms with Crippen molar-refractivity contribution < 1.29 is 0 Å². The van der Waals surface area contributed by atoms with Gasteiger partial charge < -0.3 is 4.90 Å². The molecular weight excluding hydrogens is 292 g/mol. The summed E-state index contributed by atoms with van der Waals surface area (Å²) in [4.78, 5) is 7.45. The summed E-state index contributed by atoms with van der Waals surface area (Å²) in [5.41, 5.74) is 8.27. The van der Waals surface area contributed by atoms with E-state index in [2.05, 4.69) is 80.5 Å². The Labute approximate surface area is 149 Å². The summed E-state index contributed by atoms with van der Waals surface area (Å²) < 4.78 is 0. The van der Waals surface area contributed by atoms with Gasteiger partial charge in [0.15, 0.2) is 0 Å². The van der Waals surface area contributed by atoms with Gasteiger partial charge in [-0.05, 0) is 61.1 Å². The molecule has 0 unspecified atom stereocenters. The molecule has 1 aromatic rings. The SMILES string of the molecule is Cc1nc(C(C)C)c2c(c1C)[C@H](C)[C@H](C)[C@H](C)N(C)/C=C\2C(C)C. The summed E-state index contributed by atoms with van der Waals surface area (Å²) in [5, 5.41) is 0. The first-order chi connectivity index (χ1) is 11.1. The predicted octanol–water partition coefficient (Wildman–Crippen LogP) is 5.89. The van der Waals surface area contributed by atoms with Gasteiger partial charge in [-0.3, -0.25) is 4.98 Å². The van der Waals surface area contributed by atoms with Gasteiger partial charge in [-0.15, -0.1) is 0 Å². The molecule has 0 amide bonds. The van der Waals surface area contributed by atoms with Gasteiger partial charge in [0.2, 0.25) is 0 Å². The lowest BCUT2D eigenvalue weighted by atomic mass is 9.74. The monoisotopic (exact) mass is 328 g/mol. The number of allylic oxidation sites excluding steroid dienone is 1. The van der Waals surface area contributed by atoms with Gasteiger partial charge in [0.25, 0.3) is 0 Å². The van der Waals surface area contributed by atoms with Crippen LogP contribution in [0.25, 0.3) is 5.57 Å². The van der Waals surface area contributed by atoms with Crippen molar-refractivity contribution in [1.29, 1.82) is 0 Å². The Morgan fingerprint density at radius 1 is 1.00 bits per heavy atom. The minimum atomic E-state index is 0.435. The van der Waals surface area contributed by atoms with Crippen LogP contribution in [0.3, 0.4) is 0 Å². The minimum absolute atomic E-state index is 0.435. The second kappa shape index (κ2) is 6.90. The molecule has 0 radical (unpaired) electrons. The smallest absolute Gasteiger partial charge is 0.0510 e. The number of rotatable bonds is 2. The van der Waals surface area contributed by atoms with E-state index in [0.717, 1.165) is 0 Å². The highest BCUT2D eigenvalue weighted by Gasteiger charge is 2.32. The van der Waals surface area contributed by atoms with Gasteiger partial charge in [0, 0.05) is 30.5 Å². The highest BCUT2D eigenvalue weighted by atomic mass is 15.1. The summed E-state index contributed by atoms with van der Waals surface area (Å²) in [5.74, 6) is 2.04. The number of hydrogen-bond acceptors (Lipinski definition) is 2. The number of hydrogen-bond donors (Lipinski definition) is 0. The van der Waals surface area contributed by atoms with Crippen LogP contribution in [0.1, 0.15) is 88.4 Å². The number of pyridine rings is 1. The van der Waals surface area contributed by atoms with Crippen molar-refractivity contribution in [2.24, 2.45) is 11.8 Å². The van der Waals surface area contributed by atoms with E-state index in [1.54, 1.807) is 5.56 Å². The van der Waals surface area contributed by atoms with Crippen LogP contribution >= 0.6 is 0 Å². The molecule has 0 fully saturated rings. The van der Waals surface area contributed by atoms with Gasteiger partial charge >= 0.3 is 0 Å². The Morgan fingerprint density at radius 2 is 1.58 bits per heavy atom. The van der Waals surface area contributed by atoms with Crippen molar-refractivity contribution in [3.63, 3.8) is 0 Å². The summed E-state index contributed by atoms with van der Waals surface area (Å²) in [6.07, 6.45) is 2.39. The Hall–Kier alpha value is -1.31. The largest absolute Gasteiger partial charge is 0.377 e. The Kier molecular flexibility index (Phi) is 5.47. The van der Waals surface area contributed by atoms with E-state index in [0.29, 0.717) is 29.7 Å². The fourth-order valence-electron chi connectivity index (χ4n) is 4.02. The number of fused-ring (bicyclic) bond motifs is 1. The normalized spacial score (nSPS) is 26.9. The van der Waals surface area contributed by atoms with Crippen LogP contribution in [-0.4, -0.2) is 23.0 Å². The highest BCUT2D eigenvalue weighted by Crippen LogP contribution is 2.43. The molecule has 2 nitrogen and oxygen atoms in total. The molecule has 134 valence electrons. The molecule has 0 aromatic carbocycles. The third-order valence-corrected chi connectivity index (χ3v) is 6.21. The quantitative estimate of drug-likeness (QED) is 0.672. The van der Waals surface area contributed by atoms with Crippen LogP contribution in [0.5, 0.6) is 0 Å². The van der Waals surface area contributed by atoms with Crippen molar-refractivity contribution in [2.75, 3.05) is 7.05 Å². The average Bonchev–Trinajstić information content (AvgIpc) is 2.51. The molecule has 24 heavy (non-hydrogen) atoms. The van der Waals surface area contributed by atoms with E-state index in [4.69, 9.17) is 4.98 Å². The lowest BCUT2D eigenvalue weighted by Gasteiger charge is -2.39. The van der Waals surface area contributed by atoms with E-state index < -0.39 is 0 Å². The summed E-state index contributed by atoms with van der Waals surface area (Å²) in [7, 11) is 2.23. The average molecular weight is 329 g/mol. The number of aryl methyl sites for hydroxylation is 1. The summed E-state index contributed by atoms with van der Waals surface area (Å²) in [6, 6.07) is 0.525. The first-order valence-corrected chi connectivity index (χ1v) is 9.52. The maximum Gasteiger partial charge on any atom is 0.0510 e. The van der Waals surface area contributed by atoms with Gasteiger partial charge in [0.1, 0.15) is 0 Å². The van der Waals surface area contributed by atoms with E-state index in [1.165, 1.54) is 28.1 Å². The third kappa shape index (κ3) is 3.12. The zero-order valence-corrected chi connectivity index (χ0v) is 17.4. The zero-order valence-electron chi connectivity index (χ0n) is 17.4. The molecule has 2 heteroatoms. The molecule has 0 saturated carbocycles. The fourth-order valence-corrected chi connectivity index (χ4v) is 4.02. The molecule has 1 aliphatic heterocycles. The minimum Gasteiger partial charge on any atom is -0.377 e. The van der Waals surface area contributed by atoms with Crippen LogP contribution in [0.4, 0.5) is 0 Å². The van der Waals surface area contributed by atoms with Gasteiger partial charge in [-0.25, -0.2) is 0 Å². The third-order valence-electron chi connectivity index (χ3n) is 6.21. The van der Waals surface area contributed by atoms with Crippen molar-refractivity contribution in [2.45, 2.75) is 80.2 Å². The maximum absolute atomic E-state index is 5.03. The van der Waals surface area contributed by atoms with Crippen LogP contribution in [0.2, 0.25) is 0 Å². The van der Waals surface area contributed by atoms with Crippen LogP contribution in [-0.2, 0) is 0 Å². The molecule has 0 aliphatic carbocycles. The Bertz CT molecular complexity index is 640. The molecule has 0 N–H and O–H groups in total. The highest BCUT2D eigenvalue weighted by molar-refractivity contribution is 5.73. The van der Waals surface area contributed by atoms with E-state index in [9.17, 15) is 0 Å². The summed E-state index contributed by atoms with van der Waals surface area (Å²) in [6.45, 7) is 20.8. The number of aromatic nitrogens is 1. The Morgan fingerprint density at radius 3 is 2.08 bits per heavy atom. The molecule has 1 aliphatic rings. The summed E-state index contributed by atoms with van der Waals surface area (Å²) >= 11 is 0. The van der Waals surface area contributed by atoms with Gasteiger partial charge in [-0.2, -0.15) is 0 Å². The predicted molar refractivity (Wildman–Crippen MR) is 105 cm³/mol. The first kappa shape index (κ1) is 19.0. The molecule has 3 atom stereocenters. The molecule has 0 saturated heterocycles. The topological polar surface area (TPSA) is 16.1 Å². The zero-order chi connectivity index (χ0) is 18.3. The maximum atomic E-state index is 5.03. The van der Waals surface area contributed by atoms with Crippen molar-refractivity contribution in [3.8, 4) is 0 Å². The molecule has 2 rings (SSSR count). The number of nitrogens with zero attached hydrogens (tertiary/aromatic N) is 2. The molecular formula is C22H36N2. The van der Waals surface area contributed by atoms with Gasteiger partial charge in [0.05, 0.1) is 5.69 Å². The second-order valence-electron chi connectivity index (χ2n) is 8.44. The lowest BCUT2D eigenvalue weighted by molar-refractivity contribution is 0.239. The Balaban J connectivity index is 2.93. The first-order valence-electron chi connectivity index (χ1n) is 9.52. The van der Waals surface area contributed by atoms with Crippen LogP contribution in [0, 0.1) is 25.7 Å². The van der Waals surface area contributed by atoms with E-state index >= 15 is 0 Å². The standard InChI is InChI=1S/C22H36N2/c1-12(2)19-11-24(10)18(9)14(5)15(6)20-16(7)17(8)23-22(13(3)4)21(19)20/h11-15,18H,1-10H3/b19-11-/t14-,15+,18-/m0/s1. The van der Waals surface area contributed by atoms with Crippen molar-refractivity contribution >= 4 is 5.57 Å². The lowest BCUT2D eigenvalue weighted by Crippen LogP contribution is -2.35. The van der Waals surface area contributed by atoms with Crippen LogP contribution < -0.4 is 0 Å². The second-order valence-corrected chi connectivity index (χ2v) is 8.44. The molecule has 1 aromatic heterocycles. The van der Waals surface area contributed by atoms with Gasteiger partial charge in [-0.1, -0.05) is 41.5 Å². The molecule has 0 bridgehead atoms. The van der Waals surface area contributed by atoms with E-state index in [-0.39, 0.29) is 0 Å². The van der Waals surface area contributed by atoms with Crippen molar-refractivity contribution in [3.05, 3.63) is 34.3 Å². The fraction of sp³-hybridized carbons (Fsp3) is 0.682. The van der Waals surface area contributed by atoms with Crippen molar-refractivity contribution in [1.82, 2.24) is 9.88 Å².